The number of amides is 1. The van der Waals surface area contributed by atoms with Gasteiger partial charge in [-0.05, 0) is 48.4 Å². The number of carbonyl (C=O) groups is 1. The van der Waals surface area contributed by atoms with Gasteiger partial charge in [-0.1, -0.05) is 31.5 Å². The van der Waals surface area contributed by atoms with E-state index in [1.807, 2.05) is 0 Å². The van der Waals surface area contributed by atoms with Crippen molar-refractivity contribution in [2.75, 3.05) is 6.61 Å². The topological polar surface area (TPSA) is 51.5 Å². The molecule has 1 N–H and O–H groups in total. The molecule has 1 amide bonds. The molecule has 2 aromatic carbocycles. The van der Waals surface area contributed by atoms with Gasteiger partial charge >= 0.3 is 0 Å². The van der Waals surface area contributed by atoms with Crippen molar-refractivity contribution in [3.05, 3.63) is 87.8 Å². The molecule has 0 spiro atoms. The molecule has 4 nitrogen and oxygen atoms in total. The lowest BCUT2D eigenvalue weighted by Crippen LogP contribution is -2.23. The van der Waals surface area contributed by atoms with Crippen molar-refractivity contribution in [2.45, 2.75) is 26.8 Å². The Morgan fingerprint density at radius 3 is 2.57 bits per heavy atom. The molecule has 0 bridgehead atoms. The monoisotopic (exact) mass is 433 g/mol. The maximum absolute atomic E-state index is 13.7. The van der Waals surface area contributed by atoms with Crippen molar-refractivity contribution in [1.29, 1.82) is 0 Å². The second kappa shape index (κ2) is 9.76. The molecule has 0 aliphatic rings. The first-order valence-corrected chi connectivity index (χ1v) is 9.92. The van der Waals surface area contributed by atoms with E-state index in [9.17, 15) is 13.6 Å². The first-order chi connectivity index (χ1) is 14.3. The highest BCUT2D eigenvalue weighted by Crippen LogP contribution is 2.26. The first-order valence-electron chi connectivity index (χ1n) is 9.54. The van der Waals surface area contributed by atoms with Crippen molar-refractivity contribution in [3.8, 4) is 5.75 Å². The summed E-state index contributed by atoms with van der Waals surface area (Å²) in [6.07, 6.45) is 0.378. The third-order valence-corrected chi connectivity index (χ3v) is 4.57. The molecule has 0 fully saturated rings. The zero-order chi connectivity index (χ0) is 21.7. The Bertz CT molecular complexity index is 1010. The van der Waals surface area contributed by atoms with Crippen LogP contribution in [0.1, 0.15) is 41.3 Å². The standard InChI is InChI=1S/C23H22ClF2NO3/c1-14(2)13-29-21-8-6-16(24)10-15(21)11-17-7-9-22(30-17)23(28)27-12-18-19(25)4-3-5-20(18)26/h3-10,14H,11-13H2,1-2H3,(H,27,28). The summed E-state index contributed by atoms with van der Waals surface area (Å²) in [5.74, 6) is -0.346. The van der Waals surface area contributed by atoms with Gasteiger partial charge in [0.2, 0.25) is 0 Å². The summed E-state index contributed by atoms with van der Waals surface area (Å²) in [7, 11) is 0. The smallest absolute Gasteiger partial charge is 0.287 e. The van der Waals surface area contributed by atoms with Gasteiger partial charge in [0.05, 0.1) is 6.61 Å². The summed E-state index contributed by atoms with van der Waals surface area (Å²) >= 11 is 6.11. The molecule has 1 heterocycles. The summed E-state index contributed by atoms with van der Waals surface area (Å²) < 4.78 is 38.9. The number of halogens is 3. The molecule has 0 aliphatic heterocycles. The van der Waals surface area contributed by atoms with Crippen LogP contribution in [0.25, 0.3) is 0 Å². The van der Waals surface area contributed by atoms with Crippen LogP contribution in [-0.4, -0.2) is 12.5 Å². The van der Waals surface area contributed by atoms with Gasteiger partial charge < -0.3 is 14.5 Å². The number of hydrogen-bond donors (Lipinski definition) is 1. The summed E-state index contributed by atoms with van der Waals surface area (Å²) in [6.45, 7) is 4.39. The maximum Gasteiger partial charge on any atom is 0.287 e. The van der Waals surface area contributed by atoms with Gasteiger partial charge in [0.15, 0.2) is 5.76 Å². The third-order valence-electron chi connectivity index (χ3n) is 4.33. The van der Waals surface area contributed by atoms with E-state index in [-0.39, 0.29) is 17.9 Å². The number of carbonyl (C=O) groups excluding carboxylic acids is 1. The molecule has 0 saturated carbocycles. The molecular formula is C23H22ClF2NO3. The van der Waals surface area contributed by atoms with Crippen molar-refractivity contribution in [1.82, 2.24) is 5.32 Å². The SMILES string of the molecule is CC(C)COc1ccc(Cl)cc1Cc1ccc(C(=O)NCc2c(F)cccc2F)o1. The lowest BCUT2D eigenvalue weighted by Gasteiger charge is -2.13. The maximum atomic E-state index is 13.7. The highest BCUT2D eigenvalue weighted by Gasteiger charge is 2.15. The van der Waals surface area contributed by atoms with Crippen molar-refractivity contribution in [3.63, 3.8) is 0 Å². The van der Waals surface area contributed by atoms with Crippen LogP contribution in [0.2, 0.25) is 5.02 Å². The highest BCUT2D eigenvalue weighted by atomic mass is 35.5. The molecule has 3 aromatic rings. The van der Waals surface area contributed by atoms with Crippen LogP contribution in [0.15, 0.2) is 52.9 Å². The summed E-state index contributed by atoms with van der Waals surface area (Å²) in [4.78, 5) is 12.3. The van der Waals surface area contributed by atoms with Gasteiger partial charge in [-0.25, -0.2) is 8.78 Å². The quantitative estimate of drug-likeness (QED) is 0.491. The molecule has 30 heavy (non-hydrogen) atoms. The van der Waals surface area contributed by atoms with Gasteiger partial charge in [0, 0.05) is 29.1 Å². The lowest BCUT2D eigenvalue weighted by atomic mass is 10.1. The zero-order valence-corrected chi connectivity index (χ0v) is 17.4. The molecular weight excluding hydrogens is 412 g/mol. The predicted octanol–water partition coefficient (Wildman–Crippen LogP) is 5.77. The largest absolute Gasteiger partial charge is 0.493 e. The Hall–Kier alpha value is -2.86. The number of benzene rings is 2. The van der Waals surface area contributed by atoms with Crippen molar-refractivity contribution in [2.24, 2.45) is 5.92 Å². The van der Waals surface area contributed by atoms with Crippen LogP contribution in [-0.2, 0) is 13.0 Å². The van der Waals surface area contributed by atoms with Gasteiger partial charge in [0.1, 0.15) is 23.1 Å². The Balaban J connectivity index is 1.68. The van der Waals surface area contributed by atoms with E-state index >= 15 is 0 Å². The second-order valence-electron chi connectivity index (χ2n) is 7.28. The van der Waals surface area contributed by atoms with E-state index in [1.165, 1.54) is 12.1 Å². The minimum Gasteiger partial charge on any atom is -0.493 e. The van der Waals surface area contributed by atoms with Crippen molar-refractivity contribution < 1.29 is 22.7 Å². The van der Waals surface area contributed by atoms with E-state index in [0.717, 1.165) is 17.7 Å². The second-order valence-corrected chi connectivity index (χ2v) is 7.72. The molecule has 0 unspecified atom stereocenters. The molecule has 0 aliphatic carbocycles. The Kier molecular flexibility index (Phi) is 7.11. The van der Waals surface area contributed by atoms with E-state index in [1.54, 1.807) is 24.3 Å². The first kappa shape index (κ1) is 21.8. The minimum atomic E-state index is -0.717. The molecule has 0 saturated heterocycles. The number of nitrogens with one attached hydrogen (secondary N) is 1. The molecule has 0 atom stereocenters. The number of rotatable bonds is 8. The van der Waals surface area contributed by atoms with E-state index < -0.39 is 17.5 Å². The highest BCUT2D eigenvalue weighted by molar-refractivity contribution is 6.30. The number of furan rings is 1. The molecule has 0 radical (unpaired) electrons. The van der Waals surface area contributed by atoms with Crippen LogP contribution in [0.5, 0.6) is 5.75 Å². The Morgan fingerprint density at radius 1 is 1.13 bits per heavy atom. The van der Waals surface area contributed by atoms with E-state index in [4.69, 9.17) is 20.8 Å². The normalized spacial score (nSPS) is 11.0. The van der Waals surface area contributed by atoms with Gasteiger partial charge in [0.25, 0.3) is 5.91 Å². The van der Waals surface area contributed by atoms with E-state index in [2.05, 4.69) is 19.2 Å². The van der Waals surface area contributed by atoms with Crippen LogP contribution in [0, 0.1) is 17.6 Å². The number of hydrogen-bond acceptors (Lipinski definition) is 3. The molecule has 7 heteroatoms. The molecule has 158 valence electrons. The summed E-state index contributed by atoms with van der Waals surface area (Å²) in [5, 5.41) is 3.04. The zero-order valence-electron chi connectivity index (χ0n) is 16.7. The van der Waals surface area contributed by atoms with Crippen LogP contribution >= 0.6 is 11.6 Å². The van der Waals surface area contributed by atoms with Crippen LogP contribution in [0.4, 0.5) is 8.78 Å². The number of ether oxygens (including phenoxy) is 1. The Morgan fingerprint density at radius 2 is 1.87 bits per heavy atom. The van der Waals surface area contributed by atoms with E-state index in [0.29, 0.717) is 35.5 Å². The fourth-order valence-corrected chi connectivity index (χ4v) is 3.02. The molecule has 1 aromatic heterocycles. The fourth-order valence-electron chi connectivity index (χ4n) is 2.82. The summed E-state index contributed by atoms with van der Waals surface area (Å²) in [5.41, 5.74) is 0.626. The van der Waals surface area contributed by atoms with Gasteiger partial charge in [-0.3, -0.25) is 4.79 Å². The average Bonchev–Trinajstić information content (AvgIpc) is 3.15. The molecule has 3 rings (SSSR count). The van der Waals surface area contributed by atoms with Gasteiger partial charge in [-0.15, -0.1) is 0 Å². The van der Waals surface area contributed by atoms with Crippen LogP contribution < -0.4 is 10.1 Å². The van der Waals surface area contributed by atoms with Gasteiger partial charge in [-0.2, -0.15) is 0 Å². The fraction of sp³-hybridized carbons (Fsp3) is 0.261. The van der Waals surface area contributed by atoms with Crippen LogP contribution in [0.3, 0.4) is 0 Å². The minimum absolute atomic E-state index is 0.0495. The average molecular weight is 434 g/mol. The Labute approximate surface area is 178 Å². The predicted molar refractivity (Wildman–Crippen MR) is 111 cm³/mol. The lowest BCUT2D eigenvalue weighted by molar-refractivity contribution is 0.0921. The van der Waals surface area contributed by atoms with Crippen molar-refractivity contribution >= 4 is 17.5 Å². The third kappa shape index (κ3) is 5.60. The summed E-state index contributed by atoms with van der Waals surface area (Å²) in [6, 6.07) is 12.1.